The van der Waals surface area contributed by atoms with E-state index in [4.69, 9.17) is 0 Å². The van der Waals surface area contributed by atoms with Gasteiger partial charge in [-0.25, -0.2) is 0 Å². The quantitative estimate of drug-likeness (QED) is 0.905. The van der Waals surface area contributed by atoms with E-state index in [2.05, 4.69) is 40.5 Å². The molecule has 1 saturated heterocycles. The van der Waals surface area contributed by atoms with Crippen molar-refractivity contribution in [2.45, 2.75) is 45.1 Å². The Morgan fingerprint density at radius 2 is 1.86 bits per heavy atom. The second-order valence-electron chi connectivity index (χ2n) is 6.96. The molecule has 1 aromatic carbocycles. The van der Waals surface area contributed by atoms with Gasteiger partial charge in [0, 0.05) is 25.6 Å². The van der Waals surface area contributed by atoms with Crippen LogP contribution in [0.3, 0.4) is 0 Å². The molecule has 0 radical (unpaired) electrons. The van der Waals surface area contributed by atoms with Crippen molar-refractivity contribution in [3.05, 3.63) is 35.9 Å². The van der Waals surface area contributed by atoms with E-state index in [0.717, 1.165) is 32.5 Å². The lowest BCUT2D eigenvalue weighted by molar-refractivity contribution is -0.125. The van der Waals surface area contributed by atoms with Crippen LogP contribution in [0.15, 0.2) is 30.3 Å². The van der Waals surface area contributed by atoms with Crippen molar-refractivity contribution < 1.29 is 4.79 Å². The number of rotatable bonds is 5. The van der Waals surface area contributed by atoms with Crippen molar-refractivity contribution in [2.24, 2.45) is 11.8 Å². The van der Waals surface area contributed by atoms with E-state index in [9.17, 15) is 4.79 Å². The Morgan fingerprint density at radius 1 is 1.09 bits per heavy atom. The fourth-order valence-electron chi connectivity index (χ4n) is 3.88. The fourth-order valence-corrected chi connectivity index (χ4v) is 3.88. The summed E-state index contributed by atoms with van der Waals surface area (Å²) in [6, 6.07) is 10.7. The summed E-state index contributed by atoms with van der Waals surface area (Å²) in [7, 11) is 0. The summed E-state index contributed by atoms with van der Waals surface area (Å²) in [5, 5.41) is 3.21. The van der Waals surface area contributed by atoms with Crippen molar-refractivity contribution in [1.82, 2.24) is 10.2 Å². The summed E-state index contributed by atoms with van der Waals surface area (Å²) in [5.74, 6) is 1.21. The predicted molar refractivity (Wildman–Crippen MR) is 89.4 cm³/mol. The number of carbonyl (C=O) groups is 1. The topological polar surface area (TPSA) is 32.3 Å². The van der Waals surface area contributed by atoms with E-state index in [-0.39, 0.29) is 0 Å². The summed E-state index contributed by atoms with van der Waals surface area (Å²) >= 11 is 0. The van der Waals surface area contributed by atoms with Crippen LogP contribution in [0.1, 0.15) is 44.1 Å². The van der Waals surface area contributed by atoms with Gasteiger partial charge in [-0.1, -0.05) is 43.2 Å². The maximum Gasteiger partial charge on any atom is 0.223 e. The van der Waals surface area contributed by atoms with E-state index in [0.29, 0.717) is 17.7 Å². The number of likely N-dealkylation sites (tertiary alicyclic amines) is 1. The zero-order valence-corrected chi connectivity index (χ0v) is 13.5. The lowest BCUT2D eigenvalue weighted by atomic mass is 9.97. The highest BCUT2D eigenvalue weighted by Crippen LogP contribution is 2.25. The monoisotopic (exact) mass is 300 g/mol. The van der Waals surface area contributed by atoms with Crippen LogP contribution >= 0.6 is 0 Å². The molecule has 0 bridgehead atoms. The minimum Gasteiger partial charge on any atom is -0.356 e. The Balaban J connectivity index is 1.43. The van der Waals surface area contributed by atoms with E-state index in [1.807, 2.05) is 0 Å². The van der Waals surface area contributed by atoms with E-state index < -0.39 is 0 Å². The number of carbonyl (C=O) groups excluding carboxylic acids is 1. The van der Waals surface area contributed by atoms with Gasteiger partial charge in [-0.05, 0) is 43.7 Å². The predicted octanol–water partition coefficient (Wildman–Crippen LogP) is 3.21. The number of nitrogens with zero attached hydrogens (tertiary/aromatic N) is 1. The molecule has 0 unspecified atom stereocenters. The van der Waals surface area contributed by atoms with Gasteiger partial charge in [-0.3, -0.25) is 9.69 Å². The normalized spacial score (nSPS) is 23.5. The maximum atomic E-state index is 12.1. The molecule has 2 aliphatic rings. The SMILES string of the molecule is O=C(NC[C@@H]1CCCN(Cc2ccccc2)C1)C1CCCC1. The summed E-state index contributed by atoms with van der Waals surface area (Å²) < 4.78 is 0. The average Bonchev–Trinajstić information content (AvgIpc) is 3.08. The smallest absolute Gasteiger partial charge is 0.223 e. The summed E-state index contributed by atoms with van der Waals surface area (Å²) in [6.45, 7) is 4.19. The Hall–Kier alpha value is -1.35. The standard InChI is InChI=1S/C19H28N2O/c22-19(18-10-4-5-11-18)20-13-17-9-6-12-21(15-17)14-16-7-2-1-3-8-16/h1-3,7-8,17-18H,4-6,9-15H2,(H,20,22)/t17-/m0/s1. The molecule has 1 aliphatic carbocycles. The van der Waals surface area contributed by atoms with Crippen molar-refractivity contribution >= 4 is 5.91 Å². The third-order valence-electron chi connectivity index (χ3n) is 5.14. The molecule has 1 aliphatic heterocycles. The zero-order chi connectivity index (χ0) is 15.2. The molecule has 1 atom stereocenters. The fraction of sp³-hybridized carbons (Fsp3) is 0.632. The first-order valence-corrected chi connectivity index (χ1v) is 8.85. The van der Waals surface area contributed by atoms with Crippen LogP contribution in [0.25, 0.3) is 0 Å². The van der Waals surface area contributed by atoms with Crippen LogP contribution in [-0.2, 0) is 11.3 Å². The second-order valence-corrected chi connectivity index (χ2v) is 6.96. The minimum absolute atomic E-state index is 0.295. The highest BCUT2D eigenvalue weighted by Gasteiger charge is 2.24. The van der Waals surface area contributed by atoms with Gasteiger partial charge in [-0.15, -0.1) is 0 Å². The Labute approximate surface area is 134 Å². The molecule has 1 amide bonds. The van der Waals surface area contributed by atoms with E-state index in [1.54, 1.807) is 0 Å². The molecule has 120 valence electrons. The number of hydrogen-bond donors (Lipinski definition) is 1. The molecule has 1 N–H and O–H groups in total. The highest BCUT2D eigenvalue weighted by molar-refractivity contribution is 5.78. The lowest BCUT2D eigenvalue weighted by Crippen LogP contribution is -2.41. The highest BCUT2D eigenvalue weighted by atomic mass is 16.1. The first-order chi connectivity index (χ1) is 10.8. The Bertz CT molecular complexity index is 468. The third-order valence-corrected chi connectivity index (χ3v) is 5.14. The average molecular weight is 300 g/mol. The van der Waals surface area contributed by atoms with Crippen LogP contribution in [0.4, 0.5) is 0 Å². The van der Waals surface area contributed by atoms with Gasteiger partial charge in [0.05, 0.1) is 0 Å². The van der Waals surface area contributed by atoms with Gasteiger partial charge in [0.2, 0.25) is 5.91 Å². The zero-order valence-electron chi connectivity index (χ0n) is 13.5. The van der Waals surface area contributed by atoms with E-state index in [1.165, 1.54) is 37.8 Å². The molecule has 1 saturated carbocycles. The van der Waals surface area contributed by atoms with Crippen LogP contribution in [0.2, 0.25) is 0 Å². The molecule has 0 aromatic heterocycles. The molecule has 3 nitrogen and oxygen atoms in total. The summed E-state index contributed by atoms with van der Waals surface area (Å²) in [6.07, 6.45) is 7.14. The molecule has 3 rings (SSSR count). The van der Waals surface area contributed by atoms with E-state index >= 15 is 0 Å². The van der Waals surface area contributed by atoms with Gasteiger partial charge in [0.25, 0.3) is 0 Å². The largest absolute Gasteiger partial charge is 0.356 e. The van der Waals surface area contributed by atoms with Gasteiger partial charge in [0.15, 0.2) is 0 Å². The van der Waals surface area contributed by atoms with Crippen LogP contribution in [0.5, 0.6) is 0 Å². The lowest BCUT2D eigenvalue weighted by Gasteiger charge is -2.33. The second kappa shape index (κ2) is 7.77. The number of nitrogens with one attached hydrogen (secondary N) is 1. The number of piperidine rings is 1. The number of amides is 1. The molecule has 0 spiro atoms. The van der Waals surface area contributed by atoms with Crippen molar-refractivity contribution in [1.29, 1.82) is 0 Å². The van der Waals surface area contributed by atoms with Crippen LogP contribution < -0.4 is 5.32 Å². The van der Waals surface area contributed by atoms with Gasteiger partial charge >= 0.3 is 0 Å². The van der Waals surface area contributed by atoms with Crippen LogP contribution in [0, 0.1) is 11.8 Å². The van der Waals surface area contributed by atoms with Gasteiger partial charge in [-0.2, -0.15) is 0 Å². The molecular weight excluding hydrogens is 272 g/mol. The van der Waals surface area contributed by atoms with Crippen LogP contribution in [-0.4, -0.2) is 30.4 Å². The Kier molecular flexibility index (Phi) is 5.49. The molecule has 2 fully saturated rings. The van der Waals surface area contributed by atoms with Gasteiger partial charge in [0.1, 0.15) is 0 Å². The summed E-state index contributed by atoms with van der Waals surface area (Å²) in [4.78, 5) is 14.7. The third kappa shape index (κ3) is 4.33. The van der Waals surface area contributed by atoms with Gasteiger partial charge < -0.3 is 5.32 Å². The first-order valence-electron chi connectivity index (χ1n) is 8.85. The molecule has 22 heavy (non-hydrogen) atoms. The number of hydrogen-bond acceptors (Lipinski definition) is 2. The molecular formula is C19H28N2O. The Morgan fingerprint density at radius 3 is 2.64 bits per heavy atom. The maximum absolute atomic E-state index is 12.1. The number of benzene rings is 1. The summed E-state index contributed by atoms with van der Waals surface area (Å²) in [5.41, 5.74) is 1.39. The van der Waals surface area contributed by atoms with Crippen molar-refractivity contribution in [3.8, 4) is 0 Å². The molecule has 1 aromatic rings. The molecule has 1 heterocycles. The van der Waals surface area contributed by atoms with Crippen molar-refractivity contribution in [3.63, 3.8) is 0 Å². The first kappa shape index (κ1) is 15.5. The molecule has 3 heteroatoms. The minimum atomic E-state index is 0.295. The van der Waals surface area contributed by atoms with Crippen molar-refractivity contribution in [2.75, 3.05) is 19.6 Å².